The zero-order valence-electron chi connectivity index (χ0n) is 13.0. The number of morpholine rings is 1. The maximum absolute atomic E-state index is 12.7. The molecule has 1 heterocycles. The molecule has 0 spiro atoms. The highest BCUT2D eigenvalue weighted by Crippen LogP contribution is 2.48. The van der Waals surface area contributed by atoms with Gasteiger partial charge in [0.25, 0.3) is 0 Å². The third-order valence-electron chi connectivity index (χ3n) is 4.58. The number of benzene rings is 1. The number of carbonyl (C=O) groups is 1. The van der Waals surface area contributed by atoms with Gasteiger partial charge in [0.05, 0.1) is 18.6 Å². The minimum absolute atomic E-state index is 0.135. The molecule has 4 nitrogen and oxygen atoms in total. The fourth-order valence-corrected chi connectivity index (χ4v) is 3.33. The summed E-state index contributed by atoms with van der Waals surface area (Å²) in [6, 6.07) is 7.83. The van der Waals surface area contributed by atoms with Crippen molar-refractivity contribution in [1.82, 2.24) is 10.2 Å². The number of hydrogen-bond donors (Lipinski definition) is 1. The molecule has 2 aliphatic rings. The Bertz CT molecular complexity index is 539. The van der Waals surface area contributed by atoms with Gasteiger partial charge < -0.3 is 10.1 Å². The summed E-state index contributed by atoms with van der Waals surface area (Å²) >= 11 is 6.07. The van der Waals surface area contributed by atoms with Crippen molar-refractivity contribution in [3.05, 3.63) is 34.9 Å². The molecule has 1 saturated carbocycles. The fourth-order valence-electron chi connectivity index (χ4n) is 3.14. The quantitative estimate of drug-likeness (QED) is 0.903. The van der Waals surface area contributed by atoms with E-state index in [1.807, 2.05) is 24.3 Å². The van der Waals surface area contributed by atoms with Crippen LogP contribution in [0, 0.1) is 0 Å². The van der Waals surface area contributed by atoms with Crippen LogP contribution in [0.3, 0.4) is 0 Å². The SMILES string of the molecule is C[C@H](CN1CCOCC1)NC(=O)C1(c2cccc(Cl)c2)CC1. The van der Waals surface area contributed by atoms with E-state index in [-0.39, 0.29) is 17.4 Å². The molecule has 1 atom stereocenters. The summed E-state index contributed by atoms with van der Waals surface area (Å²) in [7, 11) is 0. The number of rotatable bonds is 5. The van der Waals surface area contributed by atoms with Gasteiger partial charge in [-0.15, -0.1) is 0 Å². The van der Waals surface area contributed by atoms with Crippen LogP contribution in [0.1, 0.15) is 25.3 Å². The van der Waals surface area contributed by atoms with E-state index in [9.17, 15) is 4.79 Å². The Kier molecular flexibility index (Phi) is 4.71. The van der Waals surface area contributed by atoms with Crippen molar-refractivity contribution in [2.24, 2.45) is 0 Å². The molecule has 0 unspecified atom stereocenters. The summed E-state index contributed by atoms with van der Waals surface area (Å²) in [4.78, 5) is 15.0. The lowest BCUT2D eigenvalue weighted by Gasteiger charge is -2.30. The third-order valence-corrected chi connectivity index (χ3v) is 4.81. The summed E-state index contributed by atoms with van der Waals surface area (Å²) in [5, 5.41) is 3.88. The van der Waals surface area contributed by atoms with Crippen LogP contribution in [-0.4, -0.2) is 49.7 Å². The van der Waals surface area contributed by atoms with E-state index in [4.69, 9.17) is 16.3 Å². The van der Waals surface area contributed by atoms with E-state index < -0.39 is 0 Å². The van der Waals surface area contributed by atoms with Gasteiger partial charge in [0, 0.05) is 30.7 Å². The van der Waals surface area contributed by atoms with Crippen molar-refractivity contribution < 1.29 is 9.53 Å². The molecule has 22 heavy (non-hydrogen) atoms. The molecule has 3 rings (SSSR count). The number of hydrogen-bond acceptors (Lipinski definition) is 3. The van der Waals surface area contributed by atoms with Crippen LogP contribution in [0.4, 0.5) is 0 Å². The monoisotopic (exact) mass is 322 g/mol. The lowest BCUT2D eigenvalue weighted by Crippen LogP contribution is -2.48. The molecule has 0 aromatic heterocycles. The van der Waals surface area contributed by atoms with E-state index in [0.29, 0.717) is 5.02 Å². The third kappa shape index (κ3) is 3.45. The first-order valence-electron chi connectivity index (χ1n) is 7.97. The molecule has 2 fully saturated rings. The second-order valence-electron chi connectivity index (χ2n) is 6.38. The first-order valence-corrected chi connectivity index (χ1v) is 8.35. The number of ether oxygens (including phenoxy) is 1. The van der Waals surface area contributed by atoms with Crippen molar-refractivity contribution in [2.45, 2.75) is 31.2 Å². The molecule has 0 bridgehead atoms. The Labute approximate surface area is 136 Å². The van der Waals surface area contributed by atoms with Crippen LogP contribution in [0.25, 0.3) is 0 Å². The maximum Gasteiger partial charge on any atom is 0.230 e. The Balaban J connectivity index is 1.59. The van der Waals surface area contributed by atoms with E-state index in [2.05, 4.69) is 17.1 Å². The molecule has 1 aliphatic heterocycles. The predicted molar refractivity (Wildman–Crippen MR) is 87.2 cm³/mol. The molecule has 1 amide bonds. The smallest absolute Gasteiger partial charge is 0.230 e. The van der Waals surface area contributed by atoms with Gasteiger partial charge in [0.15, 0.2) is 0 Å². The second-order valence-corrected chi connectivity index (χ2v) is 6.82. The molecular weight excluding hydrogens is 300 g/mol. The van der Waals surface area contributed by atoms with Crippen molar-refractivity contribution >= 4 is 17.5 Å². The Morgan fingerprint density at radius 2 is 2.14 bits per heavy atom. The fraction of sp³-hybridized carbons (Fsp3) is 0.588. The van der Waals surface area contributed by atoms with Crippen LogP contribution in [-0.2, 0) is 14.9 Å². The Hall–Kier alpha value is -1.10. The van der Waals surface area contributed by atoms with Crippen LogP contribution < -0.4 is 5.32 Å². The number of carbonyl (C=O) groups excluding carboxylic acids is 1. The van der Waals surface area contributed by atoms with Crippen LogP contribution >= 0.6 is 11.6 Å². The molecule has 1 aromatic carbocycles. The lowest BCUT2D eigenvalue weighted by molar-refractivity contribution is -0.124. The average Bonchev–Trinajstić information content (AvgIpc) is 3.30. The first kappa shape index (κ1) is 15.8. The molecule has 0 radical (unpaired) electrons. The van der Waals surface area contributed by atoms with E-state index in [0.717, 1.165) is 51.3 Å². The molecule has 5 heteroatoms. The topological polar surface area (TPSA) is 41.6 Å². The number of halogens is 1. The molecular formula is C17H23ClN2O2. The van der Waals surface area contributed by atoms with Gasteiger partial charge in [0.1, 0.15) is 0 Å². The van der Waals surface area contributed by atoms with Gasteiger partial charge in [-0.2, -0.15) is 0 Å². The lowest BCUT2D eigenvalue weighted by atomic mass is 9.94. The summed E-state index contributed by atoms with van der Waals surface area (Å²) in [6.45, 7) is 6.40. The van der Waals surface area contributed by atoms with Crippen LogP contribution in [0.2, 0.25) is 5.02 Å². The average molecular weight is 323 g/mol. The van der Waals surface area contributed by atoms with E-state index in [1.54, 1.807) is 0 Å². The number of nitrogens with one attached hydrogen (secondary N) is 1. The molecule has 1 saturated heterocycles. The maximum atomic E-state index is 12.7. The van der Waals surface area contributed by atoms with Gasteiger partial charge in [-0.3, -0.25) is 9.69 Å². The summed E-state index contributed by atoms with van der Waals surface area (Å²) < 4.78 is 5.35. The standard InChI is InChI=1S/C17H23ClN2O2/c1-13(12-20-7-9-22-10-8-20)19-16(21)17(5-6-17)14-3-2-4-15(18)11-14/h2-4,11,13H,5-10,12H2,1H3,(H,19,21)/t13-/m1/s1. The van der Waals surface area contributed by atoms with Gasteiger partial charge >= 0.3 is 0 Å². The molecule has 120 valence electrons. The summed E-state index contributed by atoms with van der Waals surface area (Å²) in [5.74, 6) is 0.135. The van der Waals surface area contributed by atoms with Gasteiger partial charge in [0.2, 0.25) is 5.91 Å². The van der Waals surface area contributed by atoms with Gasteiger partial charge in [-0.25, -0.2) is 0 Å². The second kappa shape index (κ2) is 6.57. The van der Waals surface area contributed by atoms with Crippen molar-refractivity contribution in [3.63, 3.8) is 0 Å². The van der Waals surface area contributed by atoms with E-state index >= 15 is 0 Å². The highest BCUT2D eigenvalue weighted by molar-refractivity contribution is 6.30. The minimum Gasteiger partial charge on any atom is -0.379 e. The number of amides is 1. The van der Waals surface area contributed by atoms with Crippen LogP contribution in [0.15, 0.2) is 24.3 Å². The molecule has 1 N–H and O–H groups in total. The van der Waals surface area contributed by atoms with Gasteiger partial charge in [-0.05, 0) is 37.5 Å². The Morgan fingerprint density at radius 1 is 1.41 bits per heavy atom. The van der Waals surface area contributed by atoms with E-state index in [1.165, 1.54) is 0 Å². The zero-order chi connectivity index (χ0) is 15.6. The van der Waals surface area contributed by atoms with Gasteiger partial charge in [-0.1, -0.05) is 23.7 Å². The molecule has 1 aromatic rings. The number of nitrogens with zero attached hydrogens (tertiary/aromatic N) is 1. The first-order chi connectivity index (χ1) is 10.6. The van der Waals surface area contributed by atoms with Crippen molar-refractivity contribution in [1.29, 1.82) is 0 Å². The van der Waals surface area contributed by atoms with Crippen molar-refractivity contribution in [2.75, 3.05) is 32.8 Å². The predicted octanol–water partition coefficient (Wildman–Crippen LogP) is 2.21. The Morgan fingerprint density at radius 3 is 2.77 bits per heavy atom. The summed E-state index contributed by atoms with van der Waals surface area (Å²) in [5.41, 5.74) is 0.681. The minimum atomic E-state index is -0.357. The highest BCUT2D eigenvalue weighted by atomic mass is 35.5. The molecule has 1 aliphatic carbocycles. The summed E-state index contributed by atoms with van der Waals surface area (Å²) in [6.07, 6.45) is 1.81. The highest BCUT2D eigenvalue weighted by Gasteiger charge is 2.51. The van der Waals surface area contributed by atoms with Crippen LogP contribution in [0.5, 0.6) is 0 Å². The van der Waals surface area contributed by atoms with Crippen molar-refractivity contribution in [3.8, 4) is 0 Å². The largest absolute Gasteiger partial charge is 0.379 e. The normalized spacial score (nSPS) is 22.1. The zero-order valence-corrected chi connectivity index (χ0v) is 13.7.